The van der Waals surface area contributed by atoms with Crippen LogP contribution in [0.4, 0.5) is 32.0 Å². The summed E-state index contributed by atoms with van der Waals surface area (Å²) in [5.74, 6) is -0.591. The van der Waals surface area contributed by atoms with Crippen LogP contribution < -0.4 is 5.32 Å². The molecule has 13 heteroatoms. The third kappa shape index (κ3) is 6.20. The number of hydrogen-bond donors (Lipinski definition) is 1. The number of hydrogen-bond acceptors (Lipinski definition) is 4. The van der Waals surface area contributed by atoms with Gasteiger partial charge in [0.2, 0.25) is 5.91 Å². The minimum Gasteiger partial charge on any atom is -0.325 e. The molecule has 176 valence electrons. The van der Waals surface area contributed by atoms with Crippen LogP contribution in [0.2, 0.25) is 5.02 Å². The summed E-state index contributed by atoms with van der Waals surface area (Å²) in [6.07, 6.45) is -10.0. The predicted molar refractivity (Wildman–Crippen MR) is 112 cm³/mol. The Labute approximate surface area is 193 Å². The molecule has 0 bridgehead atoms. The quantitative estimate of drug-likeness (QED) is 0.310. The maximum atomic E-state index is 13.0. The van der Waals surface area contributed by atoms with Crippen LogP contribution in [0.1, 0.15) is 18.1 Å². The number of carbonyl (C=O) groups is 1. The molecule has 2 aromatic carbocycles. The Bertz CT molecular complexity index is 1110. The van der Waals surface area contributed by atoms with Gasteiger partial charge < -0.3 is 9.88 Å². The number of anilines is 1. The van der Waals surface area contributed by atoms with Crippen molar-refractivity contribution >= 4 is 35.0 Å². The molecule has 0 atom stereocenters. The standard InChI is InChI=1S/C20H15ClF6N4OS/c1-2-31-17(11-3-5-14(21)6-4-11)29-30-18(31)33-10-16(32)28-15-8-12(19(22,23)24)7-13(9-15)20(25,26)27/h3-9H,2,10H2,1H3,(H,28,32). The van der Waals surface area contributed by atoms with Gasteiger partial charge in [-0.05, 0) is 49.4 Å². The van der Waals surface area contributed by atoms with Gasteiger partial charge in [0.25, 0.3) is 0 Å². The van der Waals surface area contributed by atoms with Gasteiger partial charge in [-0.2, -0.15) is 26.3 Å². The summed E-state index contributed by atoms with van der Waals surface area (Å²) in [7, 11) is 0. The Morgan fingerprint density at radius 3 is 2.09 bits per heavy atom. The number of nitrogens with zero attached hydrogens (tertiary/aromatic N) is 3. The Kier molecular flexibility index (Phi) is 7.27. The minimum absolute atomic E-state index is 0.00752. The van der Waals surface area contributed by atoms with E-state index in [0.29, 0.717) is 34.7 Å². The Balaban J connectivity index is 1.75. The van der Waals surface area contributed by atoms with E-state index in [1.54, 1.807) is 28.8 Å². The molecular formula is C20H15ClF6N4OS. The van der Waals surface area contributed by atoms with E-state index < -0.39 is 35.1 Å². The van der Waals surface area contributed by atoms with Gasteiger partial charge in [-0.25, -0.2) is 0 Å². The summed E-state index contributed by atoms with van der Waals surface area (Å²) in [4.78, 5) is 12.3. The number of halogens is 7. The van der Waals surface area contributed by atoms with E-state index in [0.717, 1.165) is 17.3 Å². The topological polar surface area (TPSA) is 59.8 Å². The lowest BCUT2D eigenvalue weighted by atomic mass is 10.1. The second kappa shape index (κ2) is 9.64. The monoisotopic (exact) mass is 508 g/mol. The molecule has 5 nitrogen and oxygen atoms in total. The molecular weight excluding hydrogens is 494 g/mol. The zero-order valence-corrected chi connectivity index (χ0v) is 18.3. The van der Waals surface area contributed by atoms with E-state index >= 15 is 0 Å². The van der Waals surface area contributed by atoms with Gasteiger partial charge in [0.15, 0.2) is 11.0 Å². The number of benzene rings is 2. The molecule has 3 rings (SSSR count). The van der Waals surface area contributed by atoms with Crippen molar-refractivity contribution in [2.45, 2.75) is 31.0 Å². The summed E-state index contributed by atoms with van der Waals surface area (Å²) in [5.41, 5.74) is -2.91. The average molecular weight is 509 g/mol. The van der Waals surface area contributed by atoms with Gasteiger partial charge in [-0.1, -0.05) is 23.4 Å². The summed E-state index contributed by atoms with van der Waals surface area (Å²) >= 11 is 6.83. The summed E-state index contributed by atoms with van der Waals surface area (Å²) in [5, 5.41) is 11.1. The zero-order chi connectivity index (χ0) is 24.4. The Morgan fingerprint density at radius 2 is 1.58 bits per heavy atom. The average Bonchev–Trinajstić information content (AvgIpc) is 3.14. The van der Waals surface area contributed by atoms with Crippen molar-refractivity contribution in [3.05, 3.63) is 58.6 Å². The number of carbonyl (C=O) groups excluding carboxylic acids is 1. The zero-order valence-electron chi connectivity index (χ0n) is 16.8. The van der Waals surface area contributed by atoms with Crippen LogP contribution in [0.5, 0.6) is 0 Å². The highest BCUT2D eigenvalue weighted by Gasteiger charge is 2.37. The maximum absolute atomic E-state index is 13.0. The van der Waals surface area contributed by atoms with Crippen molar-refractivity contribution in [2.75, 3.05) is 11.1 Å². The van der Waals surface area contributed by atoms with Crippen LogP contribution in [0.25, 0.3) is 11.4 Å². The van der Waals surface area contributed by atoms with Crippen LogP contribution in [0.3, 0.4) is 0 Å². The fourth-order valence-corrected chi connectivity index (χ4v) is 3.78. The molecule has 33 heavy (non-hydrogen) atoms. The van der Waals surface area contributed by atoms with E-state index in [1.807, 2.05) is 6.92 Å². The maximum Gasteiger partial charge on any atom is 0.416 e. The van der Waals surface area contributed by atoms with Crippen molar-refractivity contribution < 1.29 is 31.1 Å². The first-order valence-corrected chi connectivity index (χ1v) is 10.7. The van der Waals surface area contributed by atoms with E-state index in [-0.39, 0.29) is 11.8 Å². The highest BCUT2D eigenvalue weighted by atomic mass is 35.5. The second-order valence-corrected chi connectivity index (χ2v) is 8.07. The van der Waals surface area contributed by atoms with Crippen LogP contribution in [0, 0.1) is 0 Å². The van der Waals surface area contributed by atoms with Gasteiger partial charge in [-0.15, -0.1) is 10.2 Å². The Morgan fingerprint density at radius 1 is 1.00 bits per heavy atom. The SMILES string of the molecule is CCn1c(SCC(=O)Nc2cc(C(F)(F)F)cc(C(F)(F)F)c2)nnc1-c1ccc(Cl)cc1. The highest BCUT2D eigenvalue weighted by Crippen LogP contribution is 2.37. The Hall–Kier alpha value is -2.73. The van der Waals surface area contributed by atoms with Gasteiger partial charge in [0.1, 0.15) is 0 Å². The molecule has 0 aliphatic heterocycles. The van der Waals surface area contributed by atoms with Crippen molar-refractivity contribution in [3.8, 4) is 11.4 Å². The fraction of sp³-hybridized carbons (Fsp3) is 0.250. The minimum atomic E-state index is -5.01. The first-order valence-electron chi connectivity index (χ1n) is 9.29. The summed E-state index contributed by atoms with van der Waals surface area (Å²) < 4.78 is 79.6. The number of rotatable bonds is 6. The van der Waals surface area contributed by atoms with Gasteiger partial charge >= 0.3 is 12.4 Å². The lowest BCUT2D eigenvalue weighted by Gasteiger charge is -2.14. The largest absolute Gasteiger partial charge is 0.416 e. The second-order valence-electron chi connectivity index (χ2n) is 6.69. The lowest BCUT2D eigenvalue weighted by Crippen LogP contribution is -2.17. The van der Waals surface area contributed by atoms with Crippen molar-refractivity contribution in [2.24, 2.45) is 0 Å². The van der Waals surface area contributed by atoms with Gasteiger partial charge in [-0.3, -0.25) is 4.79 Å². The highest BCUT2D eigenvalue weighted by molar-refractivity contribution is 7.99. The van der Waals surface area contributed by atoms with E-state index in [9.17, 15) is 31.1 Å². The molecule has 1 aromatic heterocycles. The fourth-order valence-electron chi connectivity index (χ4n) is 2.85. The van der Waals surface area contributed by atoms with Crippen molar-refractivity contribution in [1.29, 1.82) is 0 Å². The molecule has 0 spiro atoms. The summed E-state index contributed by atoms with van der Waals surface area (Å²) in [6, 6.07) is 7.73. The van der Waals surface area contributed by atoms with E-state index in [1.165, 1.54) is 0 Å². The molecule has 3 aromatic rings. The lowest BCUT2D eigenvalue weighted by molar-refractivity contribution is -0.143. The van der Waals surface area contributed by atoms with Gasteiger partial charge in [0, 0.05) is 22.8 Å². The molecule has 1 heterocycles. The predicted octanol–water partition coefficient (Wildman–Crippen LogP) is 6.39. The third-order valence-electron chi connectivity index (χ3n) is 4.34. The van der Waals surface area contributed by atoms with E-state index in [4.69, 9.17) is 11.6 Å². The van der Waals surface area contributed by atoms with Crippen LogP contribution in [-0.2, 0) is 23.7 Å². The molecule has 0 fully saturated rings. The van der Waals surface area contributed by atoms with Crippen LogP contribution in [0.15, 0.2) is 47.6 Å². The van der Waals surface area contributed by atoms with Crippen LogP contribution in [-0.4, -0.2) is 26.4 Å². The first-order chi connectivity index (χ1) is 15.4. The van der Waals surface area contributed by atoms with Crippen LogP contribution >= 0.6 is 23.4 Å². The molecule has 1 N–H and O–H groups in total. The molecule has 0 saturated carbocycles. The number of amides is 1. The molecule has 0 saturated heterocycles. The smallest absolute Gasteiger partial charge is 0.325 e. The third-order valence-corrected chi connectivity index (χ3v) is 5.56. The first kappa shape index (κ1) is 24.9. The molecule has 1 amide bonds. The molecule has 0 radical (unpaired) electrons. The normalized spacial score (nSPS) is 12.1. The van der Waals surface area contributed by atoms with E-state index in [2.05, 4.69) is 15.5 Å². The number of thioether (sulfide) groups is 1. The number of alkyl halides is 6. The van der Waals surface area contributed by atoms with Gasteiger partial charge in [0.05, 0.1) is 16.9 Å². The molecule has 0 aliphatic carbocycles. The molecule has 0 aliphatic rings. The van der Waals surface area contributed by atoms with Crippen molar-refractivity contribution in [1.82, 2.24) is 14.8 Å². The number of nitrogens with one attached hydrogen (secondary N) is 1. The van der Waals surface area contributed by atoms with Crippen molar-refractivity contribution in [3.63, 3.8) is 0 Å². The molecule has 0 unspecified atom stereocenters. The summed E-state index contributed by atoms with van der Waals surface area (Å²) in [6.45, 7) is 2.28. The number of aromatic nitrogens is 3.